The molecule has 0 saturated carbocycles. The number of aryl methyl sites for hydroxylation is 2. The number of benzene rings is 3. The van der Waals surface area contributed by atoms with Gasteiger partial charge in [-0.15, -0.1) is 0 Å². The molecule has 6 nitrogen and oxygen atoms in total. The van der Waals surface area contributed by atoms with Gasteiger partial charge in [-0.3, -0.25) is 4.79 Å². The number of sulfonamides is 1. The number of hydrogen-bond donors (Lipinski definition) is 0. The van der Waals surface area contributed by atoms with E-state index < -0.39 is 15.4 Å². The summed E-state index contributed by atoms with van der Waals surface area (Å²) in [6.07, 6.45) is 1.47. The van der Waals surface area contributed by atoms with Gasteiger partial charge in [0.25, 0.3) is 0 Å². The molecule has 0 radical (unpaired) electrons. The van der Waals surface area contributed by atoms with Gasteiger partial charge in [0.2, 0.25) is 15.9 Å². The van der Waals surface area contributed by atoms with E-state index in [-0.39, 0.29) is 5.91 Å². The van der Waals surface area contributed by atoms with E-state index in [0.717, 1.165) is 34.1 Å². The second-order valence-corrected chi connectivity index (χ2v) is 12.2. The monoisotopic (exact) mass is 508 g/mol. The lowest BCUT2D eigenvalue weighted by Gasteiger charge is -2.38. The summed E-state index contributed by atoms with van der Waals surface area (Å²) in [7, 11) is -3.61. The molecule has 36 heavy (non-hydrogen) atoms. The third-order valence-electron chi connectivity index (χ3n) is 7.01. The summed E-state index contributed by atoms with van der Waals surface area (Å²) in [6, 6.07) is 19.1. The van der Waals surface area contributed by atoms with Gasteiger partial charge in [-0.25, -0.2) is 8.42 Å². The highest BCUT2D eigenvalue weighted by Gasteiger charge is 2.36. The normalized spacial score (nSPS) is 15.3. The summed E-state index contributed by atoms with van der Waals surface area (Å²) in [5.41, 5.74) is 1.73. The Bertz CT molecular complexity index is 1340. The smallest absolute Gasteiger partial charge is 0.243 e. The molecular weight excluding hydrogens is 472 g/mol. The highest BCUT2D eigenvalue weighted by Crippen LogP contribution is 2.28. The molecule has 1 fully saturated rings. The van der Waals surface area contributed by atoms with Crippen LogP contribution in [0, 0.1) is 19.3 Å². The summed E-state index contributed by atoms with van der Waals surface area (Å²) in [4.78, 5) is 15.4. The quantitative estimate of drug-likeness (QED) is 0.394. The fourth-order valence-corrected chi connectivity index (χ4v) is 6.16. The number of amides is 1. The van der Waals surface area contributed by atoms with Crippen molar-refractivity contribution in [2.45, 2.75) is 45.4 Å². The van der Waals surface area contributed by atoms with Crippen molar-refractivity contribution in [2.24, 2.45) is 5.41 Å². The minimum atomic E-state index is -3.61. The van der Waals surface area contributed by atoms with Gasteiger partial charge in [0.15, 0.2) is 0 Å². The number of ether oxygens (including phenoxy) is 1. The van der Waals surface area contributed by atoms with Crippen LogP contribution >= 0.6 is 0 Å². The molecule has 1 saturated heterocycles. The van der Waals surface area contributed by atoms with Gasteiger partial charge in [-0.1, -0.05) is 56.3 Å². The minimum absolute atomic E-state index is 0.0667. The van der Waals surface area contributed by atoms with Crippen LogP contribution in [0.5, 0.6) is 5.75 Å². The van der Waals surface area contributed by atoms with Gasteiger partial charge >= 0.3 is 0 Å². The summed E-state index contributed by atoms with van der Waals surface area (Å²) < 4.78 is 34.0. The Labute approximate surface area is 214 Å². The molecule has 0 atom stereocenters. The molecular formula is C29H36N2O4S. The van der Waals surface area contributed by atoms with Crippen LogP contribution < -0.4 is 4.74 Å². The van der Waals surface area contributed by atoms with Crippen molar-refractivity contribution in [1.29, 1.82) is 0 Å². The van der Waals surface area contributed by atoms with Crippen molar-refractivity contribution in [1.82, 2.24) is 9.21 Å². The summed E-state index contributed by atoms with van der Waals surface area (Å²) in [6.45, 7) is 9.94. The molecule has 1 amide bonds. The van der Waals surface area contributed by atoms with Crippen molar-refractivity contribution < 1.29 is 17.9 Å². The maximum Gasteiger partial charge on any atom is 0.243 e. The number of carbonyl (C=O) groups excluding carboxylic acids is 1. The van der Waals surface area contributed by atoms with Gasteiger partial charge in [0.05, 0.1) is 11.5 Å². The zero-order chi connectivity index (χ0) is 25.9. The van der Waals surface area contributed by atoms with Crippen LogP contribution in [-0.4, -0.2) is 56.3 Å². The van der Waals surface area contributed by atoms with Crippen molar-refractivity contribution >= 4 is 26.7 Å². The average Bonchev–Trinajstić information content (AvgIpc) is 2.87. The predicted octanol–water partition coefficient (Wildman–Crippen LogP) is 5.17. The number of carbonyl (C=O) groups is 1. The van der Waals surface area contributed by atoms with Crippen LogP contribution in [0.25, 0.3) is 10.8 Å². The van der Waals surface area contributed by atoms with E-state index in [1.165, 1.54) is 4.31 Å². The lowest BCUT2D eigenvalue weighted by Crippen LogP contribution is -2.53. The minimum Gasteiger partial charge on any atom is -0.493 e. The number of rotatable bonds is 8. The molecule has 1 heterocycles. The fourth-order valence-electron chi connectivity index (χ4n) is 4.70. The van der Waals surface area contributed by atoms with E-state index in [1.54, 1.807) is 17.0 Å². The molecule has 7 heteroatoms. The number of fused-ring (bicyclic) bond motifs is 1. The zero-order valence-electron chi connectivity index (χ0n) is 21.7. The molecule has 1 aliphatic heterocycles. The Kier molecular flexibility index (Phi) is 7.71. The average molecular weight is 509 g/mol. The lowest BCUT2D eigenvalue weighted by atomic mass is 9.86. The maximum absolute atomic E-state index is 13.3. The summed E-state index contributed by atoms with van der Waals surface area (Å²) in [5.74, 6) is 0.958. The van der Waals surface area contributed by atoms with Gasteiger partial charge in [-0.05, 0) is 66.8 Å². The molecule has 3 aromatic rings. The van der Waals surface area contributed by atoms with Crippen molar-refractivity contribution in [2.75, 3.05) is 32.8 Å². The molecule has 0 aromatic heterocycles. The zero-order valence-corrected chi connectivity index (χ0v) is 22.5. The van der Waals surface area contributed by atoms with Gasteiger partial charge in [0.1, 0.15) is 5.75 Å². The van der Waals surface area contributed by atoms with E-state index in [4.69, 9.17) is 4.74 Å². The van der Waals surface area contributed by atoms with Crippen LogP contribution in [0.15, 0.2) is 65.6 Å². The number of nitrogens with zero attached hydrogens (tertiary/aromatic N) is 2. The number of piperazine rings is 1. The maximum atomic E-state index is 13.3. The summed E-state index contributed by atoms with van der Waals surface area (Å²) in [5, 5.41) is 1.91. The third kappa shape index (κ3) is 5.73. The van der Waals surface area contributed by atoms with E-state index in [1.807, 2.05) is 64.1 Å². The van der Waals surface area contributed by atoms with Crippen LogP contribution in [0.3, 0.4) is 0 Å². The molecule has 0 spiro atoms. The van der Waals surface area contributed by atoms with Crippen LogP contribution in [-0.2, 0) is 14.8 Å². The SMILES string of the molecule is Cc1ccc(C)c(OCCCC(C)(C)C(=O)N2CCN(S(=O)(=O)c3ccc4ccccc4c3)CC2)c1. The van der Waals surface area contributed by atoms with E-state index in [9.17, 15) is 13.2 Å². The molecule has 3 aromatic carbocycles. The van der Waals surface area contributed by atoms with Crippen LogP contribution in [0.2, 0.25) is 0 Å². The molecule has 4 rings (SSSR count). The topological polar surface area (TPSA) is 66.9 Å². The Hall–Kier alpha value is -2.90. The van der Waals surface area contributed by atoms with Crippen molar-refractivity contribution in [3.63, 3.8) is 0 Å². The first-order valence-corrected chi connectivity index (χ1v) is 14.0. The molecule has 192 valence electrons. The largest absolute Gasteiger partial charge is 0.493 e. The Morgan fingerprint density at radius 3 is 2.33 bits per heavy atom. The molecule has 0 N–H and O–H groups in total. The lowest BCUT2D eigenvalue weighted by molar-refractivity contribution is -0.142. The molecule has 0 aliphatic carbocycles. The van der Waals surface area contributed by atoms with Gasteiger partial charge in [0, 0.05) is 31.6 Å². The molecule has 0 unspecified atom stereocenters. The fraction of sp³-hybridized carbons (Fsp3) is 0.414. The van der Waals surface area contributed by atoms with E-state index in [0.29, 0.717) is 44.1 Å². The number of hydrogen-bond acceptors (Lipinski definition) is 4. The molecule has 1 aliphatic rings. The Morgan fingerprint density at radius 1 is 0.917 bits per heavy atom. The predicted molar refractivity (Wildman–Crippen MR) is 144 cm³/mol. The van der Waals surface area contributed by atoms with E-state index in [2.05, 4.69) is 12.1 Å². The second-order valence-electron chi connectivity index (χ2n) is 10.3. The molecule has 0 bridgehead atoms. The first-order chi connectivity index (χ1) is 17.1. The van der Waals surface area contributed by atoms with E-state index >= 15 is 0 Å². The Morgan fingerprint density at radius 2 is 1.61 bits per heavy atom. The second kappa shape index (κ2) is 10.6. The first kappa shape index (κ1) is 26.2. The first-order valence-electron chi connectivity index (χ1n) is 12.6. The highest BCUT2D eigenvalue weighted by atomic mass is 32.2. The standard InChI is InChI=1S/C29H36N2O4S/c1-22-10-11-23(2)27(20-22)35-19-7-14-29(3,4)28(32)30-15-17-31(18-16-30)36(33,34)26-13-12-24-8-5-6-9-25(24)21-26/h5-6,8-13,20-21H,7,14-19H2,1-4H3. The van der Waals surface area contributed by atoms with Crippen LogP contribution in [0.1, 0.15) is 37.8 Å². The van der Waals surface area contributed by atoms with Crippen molar-refractivity contribution in [3.05, 3.63) is 71.8 Å². The van der Waals surface area contributed by atoms with Gasteiger partial charge in [-0.2, -0.15) is 4.31 Å². The highest BCUT2D eigenvalue weighted by molar-refractivity contribution is 7.89. The van der Waals surface area contributed by atoms with Crippen LogP contribution in [0.4, 0.5) is 0 Å². The van der Waals surface area contributed by atoms with Crippen molar-refractivity contribution in [3.8, 4) is 5.75 Å². The summed E-state index contributed by atoms with van der Waals surface area (Å²) >= 11 is 0. The Balaban J connectivity index is 1.31. The third-order valence-corrected chi connectivity index (χ3v) is 8.91. The van der Waals surface area contributed by atoms with Gasteiger partial charge < -0.3 is 9.64 Å².